The zero-order valence-corrected chi connectivity index (χ0v) is 20.9. The molecular formula is C19H34N3O4PS2. The van der Waals surface area contributed by atoms with E-state index < -0.39 is 18.1 Å². The average Bonchev–Trinajstić information content (AvgIpc) is 2.59. The molecule has 0 aromatic heterocycles. The van der Waals surface area contributed by atoms with Crippen molar-refractivity contribution in [3.63, 3.8) is 0 Å². The minimum Gasteiger partial charge on any atom is -0.465 e. The highest BCUT2D eigenvalue weighted by Crippen LogP contribution is 2.58. The quantitative estimate of drug-likeness (QED) is 0.246. The first-order valence-electron chi connectivity index (χ1n) is 9.71. The second-order valence-corrected chi connectivity index (χ2v) is 11.4. The fourth-order valence-electron chi connectivity index (χ4n) is 3.17. The molecule has 0 aliphatic heterocycles. The van der Waals surface area contributed by atoms with Crippen LogP contribution in [0, 0.1) is 13.8 Å². The van der Waals surface area contributed by atoms with Crippen molar-refractivity contribution < 1.29 is 18.9 Å². The van der Waals surface area contributed by atoms with Gasteiger partial charge in [0.25, 0.3) is 6.64 Å². The third-order valence-electron chi connectivity index (χ3n) is 4.02. The number of nitrogens with zero attached hydrogens (tertiary/aromatic N) is 2. The van der Waals surface area contributed by atoms with Gasteiger partial charge in [-0.1, -0.05) is 19.1 Å². The molecule has 1 rings (SSSR count). The molecule has 29 heavy (non-hydrogen) atoms. The maximum absolute atomic E-state index is 11.5. The van der Waals surface area contributed by atoms with Crippen LogP contribution in [0.25, 0.3) is 0 Å². The van der Waals surface area contributed by atoms with Gasteiger partial charge >= 0.3 is 6.09 Å². The number of aryl methyl sites for hydroxylation is 2. The summed E-state index contributed by atoms with van der Waals surface area (Å²) in [6, 6.07) is 4.04. The summed E-state index contributed by atoms with van der Waals surface area (Å²) in [4.78, 5) is 13.6. The third-order valence-corrected chi connectivity index (χ3v) is 9.42. The number of amides is 1. The summed E-state index contributed by atoms with van der Waals surface area (Å²) in [5, 5.41) is 11.5. The fraction of sp³-hybridized carbons (Fsp3) is 0.632. The second kappa shape index (κ2) is 12.1. The van der Waals surface area contributed by atoms with E-state index in [2.05, 4.69) is 10.2 Å². The van der Waals surface area contributed by atoms with Crippen molar-refractivity contribution in [3.8, 4) is 0 Å². The lowest BCUT2D eigenvalue weighted by molar-refractivity contribution is 0.193. The lowest BCUT2D eigenvalue weighted by atomic mass is 10.0. The van der Waals surface area contributed by atoms with Gasteiger partial charge in [0.05, 0.1) is 13.2 Å². The molecule has 0 fully saturated rings. The number of carbonyl (C=O) groups is 1. The third kappa shape index (κ3) is 7.42. The highest BCUT2D eigenvalue weighted by molar-refractivity contribution is 8.15. The molecule has 0 saturated carbocycles. The standard InChI is InChI=1S/C19H34N3O4PS2/c1-8-11-22(27(28,25-9-2)26-10-3)29-18(20-19(23)24)16-12-14(4)17(21(6)7)15(5)13-16/h12-13,18,20H,8-11H2,1-7H3,(H,23,24). The number of benzene rings is 1. The van der Waals surface area contributed by atoms with Crippen molar-refractivity contribution in [1.82, 2.24) is 9.39 Å². The van der Waals surface area contributed by atoms with Crippen LogP contribution in [-0.4, -0.2) is 49.1 Å². The zero-order valence-electron chi connectivity index (χ0n) is 18.4. The van der Waals surface area contributed by atoms with Gasteiger partial charge in [0.1, 0.15) is 5.37 Å². The Hall–Kier alpha value is -0.830. The molecule has 0 spiro atoms. The van der Waals surface area contributed by atoms with Crippen LogP contribution in [0.3, 0.4) is 0 Å². The summed E-state index contributed by atoms with van der Waals surface area (Å²) in [6.45, 7) is 8.65. The molecule has 1 aromatic rings. The van der Waals surface area contributed by atoms with Gasteiger partial charge in [-0.15, -0.1) is 0 Å². The van der Waals surface area contributed by atoms with E-state index in [9.17, 15) is 9.90 Å². The molecule has 7 nitrogen and oxygen atoms in total. The SMILES string of the molecule is CCCN(SC(NC(=O)O)c1cc(C)c(N(C)C)c(C)c1)P(=S)(OCC)OCC. The second-order valence-electron chi connectivity index (χ2n) is 6.71. The summed E-state index contributed by atoms with van der Waals surface area (Å²) in [5.74, 6) is 0. The smallest absolute Gasteiger partial charge is 0.405 e. The van der Waals surface area contributed by atoms with E-state index in [1.54, 1.807) is 0 Å². The molecule has 1 unspecified atom stereocenters. The molecule has 2 N–H and O–H groups in total. The largest absolute Gasteiger partial charge is 0.465 e. The van der Waals surface area contributed by atoms with E-state index in [4.69, 9.17) is 20.9 Å². The molecule has 0 bridgehead atoms. The lowest BCUT2D eigenvalue weighted by Gasteiger charge is -2.34. The number of hydrogen-bond donors (Lipinski definition) is 2. The summed E-state index contributed by atoms with van der Waals surface area (Å²) in [7, 11) is 4.00. The van der Waals surface area contributed by atoms with Crippen molar-refractivity contribution in [2.45, 2.75) is 46.4 Å². The van der Waals surface area contributed by atoms with Crippen LogP contribution in [0.4, 0.5) is 10.5 Å². The monoisotopic (exact) mass is 463 g/mol. The summed E-state index contributed by atoms with van der Waals surface area (Å²) in [5.41, 5.74) is 4.17. The summed E-state index contributed by atoms with van der Waals surface area (Å²) < 4.78 is 13.6. The van der Waals surface area contributed by atoms with Crippen LogP contribution in [0.5, 0.6) is 0 Å². The Kier molecular flexibility index (Phi) is 11.0. The van der Waals surface area contributed by atoms with Crippen LogP contribution >= 0.6 is 18.6 Å². The normalized spacial score (nSPS) is 12.8. The van der Waals surface area contributed by atoms with Gasteiger partial charge in [-0.2, -0.15) is 4.08 Å². The number of hydrogen-bond acceptors (Lipinski definition) is 6. The molecule has 1 amide bonds. The number of carboxylic acid groups (broad SMARTS) is 1. The predicted molar refractivity (Wildman–Crippen MR) is 126 cm³/mol. The molecular weight excluding hydrogens is 429 g/mol. The van der Waals surface area contributed by atoms with E-state index in [1.807, 2.05) is 64.9 Å². The molecule has 0 aliphatic rings. The molecule has 1 atom stereocenters. The fourth-order valence-corrected chi connectivity index (χ4v) is 7.79. The molecule has 166 valence electrons. The molecule has 0 radical (unpaired) electrons. The van der Waals surface area contributed by atoms with Gasteiger partial charge in [-0.25, -0.2) is 4.79 Å². The Balaban J connectivity index is 3.35. The summed E-state index contributed by atoms with van der Waals surface area (Å²) >= 11 is 7.10. The van der Waals surface area contributed by atoms with Gasteiger partial charge in [-0.3, -0.25) is 0 Å². The van der Waals surface area contributed by atoms with Gasteiger partial charge in [-0.05, 0) is 74.6 Å². The minimum atomic E-state index is -2.72. The van der Waals surface area contributed by atoms with Crippen molar-refractivity contribution in [2.24, 2.45) is 0 Å². The maximum Gasteiger partial charge on any atom is 0.405 e. The summed E-state index contributed by atoms with van der Waals surface area (Å²) in [6.07, 6.45) is -0.254. The van der Waals surface area contributed by atoms with Gasteiger partial charge in [0, 0.05) is 26.3 Å². The number of nitrogens with one attached hydrogen (secondary N) is 1. The van der Waals surface area contributed by atoms with Crippen molar-refractivity contribution >= 4 is 42.2 Å². The van der Waals surface area contributed by atoms with E-state index in [1.165, 1.54) is 11.9 Å². The predicted octanol–water partition coefficient (Wildman–Crippen LogP) is 5.29. The average molecular weight is 464 g/mol. The van der Waals surface area contributed by atoms with Gasteiger partial charge < -0.3 is 24.4 Å². The Labute approximate surface area is 184 Å². The molecule has 0 saturated heterocycles. The minimum absolute atomic E-state index is 0.435. The Morgan fingerprint density at radius 1 is 1.21 bits per heavy atom. The highest BCUT2D eigenvalue weighted by Gasteiger charge is 2.32. The number of anilines is 1. The Morgan fingerprint density at radius 2 is 1.72 bits per heavy atom. The first-order valence-corrected chi connectivity index (χ1v) is 13.1. The molecule has 10 heteroatoms. The Bertz CT molecular complexity index is 700. The molecule has 1 aromatic carbocycles. The van der Waals surface area contributed by atoms with Crippen LogP contribution < -0.4 is 10.2 Å². The highest BCUT2D eigenvalue weighted by atomic mass is 32.5. The molecule has 0 aliphatic carbocycles. The lowest BCUT2D eigenvalue weighted by Crippen LogP contribution is -2.29. The number of rotatable bonds is 12. The van der Waals surface area contributed by atoms with E-state index in [-0.39, 0.29) is 0 Å². The van der Waals surface area contributed by atoms with E-state index in [0.717, 1.165) is 28.8 Å². The van der Waals surface area contributed by atoms with Gasteiger partial charge in [0.2, 0.25) is 0 Å². The Morgan fingerprint density at radius 3 is 2.10 bits per heavy atom. The van der Waals surface area contributed by atoms with E-state index >= 15 is 0 Å². The van der Waals surface area contributed by atoms with Crippen molar-refractivity contribution in [1.29, 1.82) is 0 Å². The van der Waals surface area contributed by atoms with E-state index in [0.29, 0.717) is 19.8 Å². The van der Waals surface area contributed by atoms with Crippen LogP contribution in [0.1, 0.15) is 49.3 Å². The van der Waals surface area contributed by atoms with Crippen LogP contribution in [0.15, 0.2) is 12.1 Å². The van der Waals surface area contributed by atoms with Gasteiger partial charge in [0.15, 0.2) is 0 Å². The first-order chi connectivity index (χ1) is 13.6. The van der Waals surface area contributed by atoms with Crippen LogP contribution in [-0.2, 0) is 20.9 Å². The van der Waals surface area contributed by atoms with Crippen molar-refractivity contribution in [2.75, 3.05) is 38.8 Å². The van der Waals surface area contributed by atoms with Crippen LogP contribution in [0.2, 0.25) is 0 Å². The molecule has 0 heterocycles. The first kappa shape index (κ1) is 26.2. The van der Waals surface area contributed by atoms with Crippen molar-refractivity contribution in [3.05, 3.63) is 28.8 Å². The maximum atomic E-state index is 11.5. The topological polar surface area (TPSA) is 74.3 Å². The zero-order chi connectivity index (χ0) is 22.2.